The number of benzene rings is 6. The van der Waals surface area contributed by atoms with Crippen LogP contribution in [0.15, 0.2) is 182 Å². The highest BCUT2D eigenvalue weighted by atomic mass is 15.7. The van der Waals surface area contributed by atoms with Crippen molar-refractivity contribution in [2.45, 2.75) is 0 Å². The fourth-order valence-corrected chi connectivity index (χ4v) is 6.16. The summed E-state index contributed by atoms with van der Waals surface area (Å²) in [6.45, 7) is 0. The van der Waals surface area contributed by atoms with Crippen LogP contribution in [0, 0.1) is 0 Å². The van der Waals surface area contributed by atoms with Crippen molar-refractivity contribution < 1.29 is 14.4 Å². The highest BCUT2D eigenvalue weighted by Gasteiger charge is 2.28. The summed E-state index contributed by atoms with van der Waals surface area (Å²) in [6.07, 6.45) is 0. The summed E-state index contributed by atoms with van der Waals surface area (Å²) in [5, 5.41) is 38.7. The van der Waals surface area contributed by atoms with Gasteiger partial charge in [-0.05, 0) is 72.8 Å². The predicted octanol–water partition coefficient (Wildman–Crippen LogP) is 4.67. The standard InChI is InChI=1S/C42H33N18/c1-7-19-31(20-8-1)55-40(49-58(52-55)34-25-13-4-14-26-34)46-37-43-38(47-41-50-59(35-27-15-5-16-28-35)53-56(41)32-21-9-2-10-22-32)45-39(44-37)48-42-51-60(36-29-17-6-18-30-36)54-57(42)33-23-11-3-12-24-33/h1-30H,(H3,43,44,45,46,47,48,49,50,51,52,53,54)/q+3. The molecule has 0 fully saturated rings. The van der Waals surface area contributed by atoms with Crippen LogP contribution >= 0.6 is 0 Å². The van der Waals surface area contributed by atoms with Crippen LogP contribution < -0.4 is 30.3 Å². The molecule has 4 aromatic heterocycles. The Balaban J connectivity index is 1.10. The second-order valence-electron chi connectivity index (χ2n) is 13.0. The molecule has 0 unspecified atom stereocenters. The zero-order chi connectivity index (χ0) is 40.1. The van der Waals surface area contributed by atoms with Gasteiger partial charge in [-0.25, -0.2) is 0 Å². The first-order valence-electron chi connectivity index (χ1n) is 18.8. The van der Waals surface area contributed by atoms with Crippen molar-refractivity contribution in [3.05, 3.63) is 182 Å². The third-order valence-electron chi connectivity index (χ3n) is 8.96. The number of aromatic nitrogens is 15. The summed E-state index contributed by atoms with van der Waals surface area (Å²) in [5.74, 6) is 1.38. The van der Waals surface area contributed by atoms with Crippen LogP contribution in [0.1, 0.15) is 0 Å². The molecule has 4 heterocycles. The molecule has 6 aromatic carbocycles. The lowest BCUT2D eigenvalue weighted by Crippen LogP contribution is -2.36. The van der Waals surface area contributed by atoms with Crippen molar-refractivity contribution in [1.29, 1.82) is 0 Å². The number of anilines is 6. The Morgan fingerprint density at radius 3 is 0.783 bits per heavy atom. The van der Waals surface area contributed by atoms with Crippen molar-refractivity contribution >= 4 is 35.7 Å². The number of tetrazole rings is 3. The number of hydrogen-bond donors (Lipinski definition) is 3. The minimum absolute atomic E-state index is 0.128. The van der Waals surface area contributed by atoms with E-state index in [1.54, 1.807) is 14.0 Å². The SMILES string of the molecule is c1ccc(-n2n[n+](-c3ccccc3)nc2Nc2nc(Nc3n[n+](-c4ccccc4)nn3-c3ccccc3)nc(Nc3n[n+](-c4ccccc4)nn3-c3ccccc3)n2)cc1. The molecule has 0 atom stereocenters. The minimum atomic E-state index is 0.128. The molecule has 0 aliphatic heterocycles. The summed E-state index contributed by atoms with van der Waals surface area (Å²) in [7, 11) is 0. The van der Waals surface area contributed by atoms with Crippen LogP contribution in [0.5, 0.6) is 0 Å². The lowest BCUT2D eigenvalue weighted by atomic mass is 10.3. The second kappa shape index (κ2) is 15.8. The number of hydrogen-bond acceptors (Lipinski definition) is 12. The largest absolute Gasteiger partial charge is 0.367 e. The topological polar surface area (TPSA) is 179 Å². The van der Waals surface area contributed by atoms with Gasteiger partial charge >= 0.3 is 17.8 Å². The van der Waals surface area contributed by atoms with Crippen LogP contribution in [0.25, 0.3) is 34.1 Å². The maximum Gasteiger partial charge on any atom is 0.367 e. The Labute approximate surface area is 341 Å². The van der Waals surface area contributed by atoms with E-state index >= 15 is 0 Å². The van der Waals surface area contributed by atoms with Gasteiger partial charge in [-0.3, -0.25) is 16.0 Å². The third kappa shape index (κ3) is 7.44. The average molecular weight is 790 g/mol. The average Bonchev–Trinajstić information content (AvgIpc) is 4.06. The molecule has 3 N–H and O–H groups in total. The zero-order valence-electron chi connectivity index (χ0n) is 31.5. The fraction of sp³-hybridized carbons (Fsp3) is 0. The van der Waals surface area contributed by atoms with E-state index in [2.05, 4.69) is 16.0 Å². The van der Waals surface area contributed by atoms with E-state index in [0.717, 1.165) is 34.1 Å². The summed E-state index contributed by atoms with van der Waals surface area (Å²) in [6, 6.07) is 57.8. The molecule has 60 heavy (non-hydrogen) atoms. The molecule has 10 aromatic rings. The molecule has 18 heteroatoms. The number of nitrogens with zero attached hydrogens (tertiary/aromatic N) is 15. The Hall–Kier alpha value is -9.06. The van der Waals surface area contributed by atoms with Gasteiger partial charge in [0.15, 0.2) is 34.1 Å². The molecular weight excluding hydrogens is 757 g/mol. The maximum atomic E-state index is 4.82. The Morgan fingerprint density at radius 1 is 0.300 bits per heavy atom. The molecule has 288 valence electrons. The molecule has 0 aliphatic rings. The van der Waals surface area contributed by atoms with Crippen LogP contribution in [-0.4, -0.2) is 59.9 Å². The van der Waals surface area contributed by atoms with E-state index in [9.17, 15) is 0 Å². The normalized spacial score (nSPS) is 11.0. The number of nitrogens with one attached hydrogen (secondary N) is 3. The van der Waals surface area contributed by atoms with E-state index < -0.39 is 0 Å². The Morgan fingerprint density at radius 2 is 0.533 bits per heavy atom. The molecule has 0 spiro atoms. The van der Waals surface area contributed by atoms with E-state index in [1.165, 1.54) is 14.4 Å². The Bertz CT molecular complexity index is 2660. The van der Waals surface area contributed by atoms with Crippen LogP contribution in [0.3, 0.4) is 0 Å². The van der Waals surface area contributed by atoms with Crippen LogP contribution in [0.4, 0.5) is 35.7 Å². The van der Waals surface area contributed by atoms with Crippen LogP contribution in [-0.2, 0) is 0 Å². The zero-order valence-corrected chi connectivity index (χ0v) is 31.5. The summed E-state index contributed by atoms with van der Waals surface area (Å²) in [4.78, 5) is 19.1. The van der Waals surface area contributed by atoms with Crippen molar-refractivity contribution in [3.63, 3.8) is 0 Å². The first-order chi connectivity index (χ1) is 29.7. The fourth-order valence-electron chi connectivity index (χ4n) is 6.16. The second-order valence-corrected chi connectivity index (χ2v) is 13.0. The lowest BCUT2D eigenvalue weighted by molar-refractivity contribution is -0.717. The van der Waals surface area contributed by atoms with E-state index in [4.69, 9.17) is 45.9 Å². The van der Waals surface area contributed by atoms with Crippen molar-refractivity contribution in [2.75, 3.05) is 16.0 Å². The van der Waals surface area contributed by atoms with E-state index in [0.29, 0.717) is 17.8 Å². The third-order valence-corrected chi connectivity index (χ3v) is 8.96. The first-order valence-corrected chi connectivity index (χ1v) is 18.8. The highest BCUT2D eigenvalue weighted by Crippen LogP contribution is 2.22. The maximum absolute atomic E-state index is 4.82. The quantitative estimate of drug-likeness (QED) is 0.146. The van der Waals surface area contributed by atoms with Gasteiger partial charge in [-0.1, -0.05) is 123 Å². The minimum Gasteiger partial charge on any atom is -0.269 e. The van der Waals surface area contributed by atoms with Crippen molar-refractivity contribution in [2.24, 2.45) is 0 Å². The van der Waals surface area contributed by atoms with Crippen molar-refractivity contribution in [1.82, 2.24) is 59.9 Å². The first kappa shape index (κ1) is 35.4. The molecule has 0 bridgehead atoms. The monoisotopic (exact) mass is 789 g/mol. The summed E-state index contributed by atoms with van der Waals surface area (Å²) in [5.41, 5.74) is 4.56. The molecule has 0 aliphatic carbocycles. The highest BCUT2D eigenvalue weighted by molar-refractivity contribution is 5.57. The van der Waals surface area contributed by atoms with Gasteiger partial charge in [0.2, 0.25) is 17.8 Å². The van der Waals surface area contributed by atoms with Gasteiger partial charge < -0.3 is 0 Å². The van der Waals surface area contributed by atoms with Crippen molar-refractivity contribution in [3.8, 4) is 34.1 Å². The predicted molar refractivity (Wildman–Crippen MR) is 218 cm³/mol. The van der Waals surface area contributed by atoms with Gasteiger partial charge in [0.1, 0.15) is 15.6 Å². The molecule has 10 rings (SSSR count). The molecule has 0 saturated heterocycles. The van der Waals surface area contributed by atoms with Gasteiger partial charge in [-0.2, -0.15) is 15.0 Å². The summed E-state index contributed by atoms with van der Waals surface area (Å²) < 4.78 is 5.00. The molecule has 0 amide bonds. The smallest absolute Gasteiger partial charge is 0.269 e. The van der Waals surface area contributed by atoms with E-state index in [-0.39, 0.29) is 17.8 Å². The molecule has 18 nitrogen and oxygen atoms in total. The van der Waals surface area contributed by atoms with Crippen LogP contribution in [0.2, 0.25) is 0 Å². The van der Waals surface area contributed by atoms with Gasteiger partial charge in [-0.15, -0.1) is 0 Å². The Kier molecular flexibility index (Phi) is 9.33. The summed E-state index contributed by atoms with van der Waals surface area (Å²) >= 11 is 0. The van der Waals surface area contributed by atoms with Gasteiger partial charge in [0, 0.05) is 29.7 Å². The lowest BCUT2D eigenvalue weighted by Gasteiger charge is -2.07. The molecule has 0 radical (unpaired) electrons. The molecular formula is C42H33N18+3. The number of para-hydroxylation sites is 6. The molecule has 0 saturated carbocycles. The van der Waals surface area contributed by atoms with E-state index in [1.807, 2.05) is 182 Å². The number of rotatable bonds is 12. The van der Waals surface area contributed by atoms with Gasteiger partial charge in [0.05, 0.1) is 0 Å². The van der Waals surface area contributed by atoms with Gasteiger partial charge in [0.25, 0.3) is 0 Å².